The minimum absolute atomic E-state index is 0.0791. The zero-order valence-corrected chi connectivity index (χ0v) is 12.0. The number of aromatic nitrogens is 1. The van der Waals surface area contributed by atoms with Crippen LogP contribution in [0.25, 0.3) is 11.3 Å². The summed E-state index contributed by atoms with van der Waals surface area (Å²) in [5.41, 5.74) is 5.47. The number of nitrogens with zero attached hydrogens (tertiary/aromatic N) is 1. The number of hydrogen-bond acceptors (Lipinski definition) is 2. The van der Waals surface area contributed by atoms with Gasteiger partial charge in [-0.1, -0.05) is 0 Å². The molecule has 2 rings (SSSR count). The molecule has 19 heavy (non-hydrogen) atoms. The summed E-state index contributed by atoms with van der Waals surface area (Å²) in [4.78, 5) is 0. The van der Waals surface area contributed by atoms with E-state index in [0.717, 1.165) is 33.8 Å². The highest BCUT2D eigenvalue weighted by atomic mass is 16.5. The van der Waals surface area contributed by atoms with Crippen molar-refractivity contribution in [2.45, 2.75) is 27.4 Å². The van der Waals surface area contributed by atoms with Crippen molar-refractivity contribution in [3.8, 4) is 17.0 Å². The molecule has 0 saturated carbocycles. The lowest BCUT2D eigenvalue weighted by molar-refractivity contribution is 0.281. The molecule has 0 bridgehead atoms. The van der Waals surface area contributed by atoms with E-state index in [1.54, 1.807) is 0 Å². The van der Waals surface area contributed by atoms with Crippen molar-refractivity contribution in [2.24, 2.45) is 7.05 Å². The fourth-order valence-electron chi connectivity index (χ4n) is 2.33. The number of hydrogen-bond donors (Lipinski definition) is 1. The van der Waals surface area contributed by atoms with Crippen molar-refractivity contribution >= 4 is 0 Å². The van der Waals surface area contributed by atoms with Crippen LogP contribution in [0.5, 0.6) is 5.75 Å². The van der Waals surface area contributed by atoms with E-state index in [2.05, 4.69) is 23.6 Å². The van der Waals surface area contributed by atoms with Gasteiger partial charge in [0, 0.05) is 18.4 Å². The maximum Gasteiger partial charge on any atom is 0.122 e. The largest absolute Gasteiger partial charge is 0.494 e. The lowest BCUT2D eigenvalue weighted by atomic mass is 10.1. The van der Waals surface area contributed by atoms with E-state index in [1.807, 2.05) is 33.0 Å². The molecule has 0 fully saturated rings. The molecule has 0 aliphatic heterocycles. The topological polar surface area (TPSA) is 34.4 Å². The Morgan fingerprint density at radius 2 is 1.95 bits per heavy atom. The Morgan fingerprint density at radius 3 is 2.47 bits per heavy atom. The summed E-state index contributed by atoms with van der Waals surface area (Å²) in [5, 5.41) is 9.34. The first-order chi connectivity index (χ1) is 9.08. The summed E-state index contributed by atoms with van der Waals surface area (Å²) < 4.78 is 7.67. The molecule has 0 radical (unpaired) electrons. The number of rotatable bonds is 4. The van der Waals surface area contributed by atoms with E-state index in [4.69, 9.17) is 4.74 Å². The van der Waals surface area contributed by atoms with E-state index < -0.39 is 0 Å². The normalized spacial score (nSPS) is 10.8. The van der Waals surface area contributed by atoms with Gasteiger partial charge in [0.25, 0.3) is 0 Å². The van der Waals surface area contributed by atoms with Crippen molar-refractivity contribution in [3.05, 3.63) is 41.1 Å². The third-order valence-electron chi connectivity index (χ3n) is 3.58. The number of ether oxygens (including phenoxy) is 1. The average Bonchev–Trinajstić information content (AvgIpc) is 2.69. The number of aryl methyl sites for hydroxylation is 1. The Kier molecular flexibility index (Phi) is 3.96. The molecule has 0 unspecified atom stereocenters. The van der Waals surface area contributed by atoms with Crippen LogP contribution in [0.3, 0.4) is 0 Å². The van der Waals surface area contributed by atoms with Crippen LogP contribution < -0.4 is 4.74 Å². The summed E-state index contributed by atoms with van der Waals surface area (Å²) in [6.45, 7) is 6.82. The highest BCUT2D eigenvalue weighted by Crippen LogP contribution is 2.29. The Hall–Kier alpha value is -1.74. The molecule has 2 aromatic rings. The Bertz CT molecular complexity index is 585. The van der Waals surface area contributed by atoms with E-state index in [1.165, 1.54) is 0 Å². The SMILES string of the molecule is CCOc1ccc(-c2cc(CO)c(C)n2C)cc1C. The molecule has 102 valence electrons. The molecule has 0 saturated heterocycles. The van der Waals surface area contributed by atoms with Crippen molar-refractivity contribution in [1.29, 1.82) is 0 Å². The average molecular weight is 259 g/mol. The molecular weight excluding hydrogens is 238 g/mol. The zero-order chi connectivity index (χ0) is 14.0. The quantitative estimate of drug-likeness (QED) is 0.915. The molecule has 0 amide bonds. The molecule has 0 aliphatic rings. The van der Waals surface area contributed by atoms with Gasteiger partial charge in [-0.05, 0) is 61.7 Å². The van der Waals surface area contributed by atoms with E-state index in [0.29, 0.717) is 6.61 Å². The maximum atomic E-state index is 9.34. The van der Waals surface area contributed by atoms with Gasteiger partial charge >= 0.3 is 0 Å². The lowest BCUT2D eigenvalue weighted by Crippen LogP contribution is -1.97. The molecule has 1 heterocycles. The third kappa shape index (κ3) is 2.51. The summed E-state index contributed by atoms with van der Waals surface area (Å²) in [7, 11) is 2.02. The number of benzene rings is 1. The van der Waals surface area contributed by atoms with Gasteiger partial charge in [-0.2, -0.15) is 0 Å². The van der Waals surface area contributed by atoms with Gasteiger partial charge in [-0.25, -0.2) is 0 Å². The van der Waals surface area contributed by atoms with Crippen LogP contribution in [0.2, 0.25) is 0 Å². The minimum Gasteiger partial charge on any atom is -0.494 e. The number of aliphatic hydroxyl groups is 1. The predicted octanol–water partition coefficient (Wildman–Crippen LogP) is 3.20. The van der Waals surface area contributed by atoms with Gasteiger partial charge in [0.1, 0.15) is 5.75 Å². The smallest absolute Gasteiger partial charge is 0.122 e. The van der Waals surface area contributed by atoms with Gasteiger partial charge in [0.05, 0.1) is 13.2 Å². The molecule has 1 aromatic heterocycles. The molecule has 1 aromatic carbocycles. The summed E-state index contributed by atoms with van der Waals surface area (Å²) in [6.07, 6.45) is 0. The van der Waals surface area contributed by atoms with Crippen molar-refractivity contribution < 1.29 is 9.84 Å². The van der Waals surface area contributed by atoms with Crippen LogP contribution in [-0.2, 0) is 13.7 Å². The Labute approximate surface area is 114 Å². The van der Waals surface area contributed by atoms with Crippen LogP contribution in [0, 0.1) is 13.8 Å². The molecule has 0 aliphatic carbocycles. The fraction of sp³-hybridized carbons (Fsp3) is 0.375. The maximum absolute atomic E-state index is 9.34. The van der Waals surface area contributed by atoms with Crippen LogP contribution in [0.4, 0.5) is 0 Å². The first kappa shape index (κ1) is 13.7. The van der Waals surface area contributed by atoms with E-state index in [9.17, 15) is 5.11 Å². The van der Waals surface area contributed by atoms with Gasteiger partial charge < -0.3 is 14.4 Å². The molecule has 0 atom stereocenters. The summed E-state index contributed by atoms with van der Waals surface area (Å²) in [6, 6.07) is 8.24. The summed E-state index contributed by atoms with van der Waals surface area (Å²) >= 11 is 0. The lowest BCUT2D eigenvalue weighted by Gasteiger charge is -2.10. The van der Waals surface area contributed by atoms with Gasteiger partial charge in [0.2, 0.25) is 0 Å². The number of aliphatic hydroxyl groups excluding tert-OH is 1. The first-order valence-electron chi connectivity index (χ1n) is 6.58. The standard InChI is InChI=1S/C16H21NO2/c1-5-19-16-7-6-13(8-11(16)2)15-9-14(10-18)12(3)17(15)4/h6-9,18H,5,10H2,1-4H3. The van der Waals surface area contributed by atoms with Crippen LogP contribution >= 0.6 is 0 Å². The summed E-state index contributed by atoms with van der Waals surface area (Å²) in [5.74, 6) is 0.930. The van der Waals surface area contributed by atoms with E-state index >= 15 is 0 Å². The van der Waals surface area contributed by atoms with Crippen LogP contribution in [-0.4, -0.2) is 16.3 Å². The molecule has 1 N–H and O–H groups in total. The molecule has 3 heteroatoms. The first-order valence-corrected chi connectivity index (χ1v) is 6.58. The minimum atomic E-state index is 0.0791. The van der Waals surface area contributed by atoms with Gasteiger partial charge in [-0.15, -0.1) is 0 Å². The monoisotopic (exact) mass is 259 g/mol. The molecule has 0 spiro atoms. The van der Waals surface area contributed by atoms with E-state index in [-0.39, 0.29) is 6.61 Å². The zero-order valence-electron chi connectivity index (χ0n) is 12.0. The Balaban J connectivity index is 2.45. The third-order valence-corrected chi connectivity index (χ3v) is 3.58. The second-order valence-electron chi connectivity index (χ2n) is 4.77. The second kappa shape index (κ2) is 5.49. The fourth-order valence-corrected chi connectivity index (χ4v) is 2.33. The van der Waals surface area contributed by atoms with Crippen LogP contribution in [0.1, 0.15) is 23.7 Å². The second-order valence-corrected chi connectivity index (χ2v) is 4.77. The molecular formula is C16H21NO2. The highest BCUT2D eigenvalue weighted by Gasteiger charge is 2.11. The van der Waals surface area contributed by atoms with Gasteiger partial charge in [0.15, 0.2) is 0 Å². The van der Waals surface area contributed by atoms with Crippen molar-refractivity contribution in [3.63, 3.8) is 0 Å². The Morgan fingerprint density at radius 1 is 1.21 bits per heavy atom. The van der Waals surface area contributed by atoms with Crippen LogP contribution in [0.15, 0.2) is 24.3 Å². The highest BCUT2D eigenvalue weighted by molar-refractivity contribution is 5.64. The van der Waals surface area contributed by atoms with Crippen molar-refractivity contribution in [1.82, 2.24) is 4.57 Å². The van der Waals surface area contributed by atoms with Gasteiger partial charge in [-0.3, -0.25) is 0 Å². The van der Waals surface area contributed by atoms with Crippen molar-refractivity contribution in [2.75, 3.05) is 6.61 Å². The predicted molar refractivity (Wildman–Crippen MR) is 77.4 cm³/mol. The molecule has 3 nitrogen and oxygen atoms in total.